The van der Waals surface area contributed by atoms with Crippen LogP contribution in [0.15, 0.2) is 60.9 Å². The first kappa shape index (κ1) is 37.9. The maximum Gasteiger partial charge on any atom is 0.306 e. The normalized spacial score (nSPS) is 18.8. The van der Waals surface area contributed by atoms with Crippen LogP contribution in [0.25, 0.3) is 11.1 Å². The van der Waals surface area contributed by atoms with Crippen molar-refractivity contribution in [2.75, 3.05) is 24.9 Å². The van der Waals surface area contributed by atoms with Crippen LogP contribution in [0.3, 0.4) is 0 Å². The number of nitrogens with one attached hydrogen (secondary N) is 4. The third-order valence-corrected chi connectivity index (χ3v) is 10.4. The Balaban J connectivity index is 1.11. The number of rotatable bonds is 15. The van der Waals surface area contributed by atoms with Crippen LogP contribution in [0.4, 0.5) is 11.4 Å². The van der Waals surface area contributed by atoms with Crippen molar-refractivity contribution in [2.24, 2.45) is 11.8 Å². The Bertz CT molecular complexity index is 1930. The van der Waals surface area contributed by atoms with E-state index in [2.05, 4.69) is 31.2 Å². The number of aliphatic carboxylic acids is 2. The number of anilines is 2. The first-order valence-corrected chi connectivity index (χ1v) is 17.8. The van der Waals surface area contributed by atoms with E-state index in [9.17, 15) is 19.2 Å². The predicted octanol–water partition coefficient (Wildman–Crippen LogP) is 5.19. The highest BCUT2D eigenvalue weighted by Crippen LogP contribution is 2.35. The van der Waals surface area contributed by atoms with Crippen molar-refractivity contribution in [2.45, 2.75) is 64.7 Å². The minimum atomic E-state index is -0.774. The van der Waals surface area contributed by atoms with Gasteiger partial charge in [0.2, 0.25) is 0 Å². The molecule has 0 radical (unpaired) electrons. The summed E-state index contributed by atoms with van der Waals surface area (Å²) in [5.74, 6) is -1.99. The molecule has 0 aliphatic heterocycles. The minimum Gasteiger partial charge on any atom is -0.496 e. The van der Waals surface area contributed by atoms with Crippen molar-refractivity contribution in [3.63, 3.8) is 0 Å². The third kappa shape index (κ3) is 8.35. The fourth-order valence-electron chi connectivity index (χ4n) is 6.80. The summed E-state index contributed by atoms with van der Waals surface area (Å²) in [5, 5.41) is 30.9. The number of nitrogens with zero attached hydrogens (tertiary/aromatic N) is 2. The summed E-state index contributed by atoms with van der Waals surface area (Å²) < 4.78 is 11.1. The summed E-state index contributed by atoms with van der Waals surface area (Å²) in [5.41, 5.74) is 6.45. The first-order valence-electron chi connectivity index (χ1n) is 17.8. The van der Waals surface area contributed by atoms with Crippen molar-refractivity contribution in [3.8, 4) is 22.6 Å². The lowest BCUT2D eigenvalue weighted by Crippen LogP contribution is -2.43. The lowest BCUT2D eigenvalue weighted by molar-refractivity contribution is -0.146. The second kappa shape index (κ2) is 16.4. The summed E-state index contributed by atoms with van der Waals surface area (Å²) in [4.78, 5) is 57.8. The number of carboxylic acids is 2. The Kier molecular flexibility index (Phi) is 11.5. The molecule has 2 aliphatic rings. The maximum absolute atomic E-state index is 13.4. The molecule has 2 heterocycles. The molecule has 0 spiro atoms. The van der Waals surface area contributed by atoms with Crippen LogP contribution in [0, 0.1) is 25.7 Å². The van der Waals surface area contributed by atoms with Gasteiger partial charge in [-0.3, -0.25) is 29.1 Å². The van der Waals surface area contributed by atoms with Gasteiger partial charge in [-0.2, -0.15) is 0 Å². The van der Waals surface area contributed by atoms with Crippen LogP contribution in [0.5, 0.6) is 11.5 Å². The average Bonchev–Trinajstić information content (AvgIpc) is 3.11. The molecular formula is C40H44N6O8. The molecule has 2 fully saturated rings. The Morgan fingerprint density at radius 2 is 1.06 bits per heavy atom. The van der Waals surface area contributed by atoms with Gasteiger partial charge in [-0.25, -0.2) is 0 Å². The second-order valence-corrected chi connectivity index (χ2v) is 13.8. The van der Waals surface area contributed by atoms with Crippen molar-refractivity contribution >= 4 is 35.1 Å². The number of hydrogen-bond donors (Lipinski definition) is 6. The fraction of sp³-hybridized carbons (Fsp3) is 0.350. The number of pyridine rings is 2. The van der Waals surface area contributed by atoms with Crippen molar-refractivity contribution in [1.82, 2.24) is 20.6 Å². The van der Waals surface area contributed by atoms with Gasteiger partial charge in [0.05, 0.1) is 26.1 Å². The molecule has 14 heteroatoms. The zero-order valence-electron chi connectivity index (χ0n) is 30.6. The molecule has 2 saturated carbocycles. The maximum atomic E-state index is 13.4. The van der Waals surface area contributed by atoms with Crippen molar-refractivity contribution < 1.29 is 38.9 Å². The highest BCUT2D eigenvalue weighted by molar-refractivity contribution is 6.05. The summed E-state index contributed by atoms with van der Waals surface area (Å²) in [6.07, 6.45) is 5.48. The lowest BCUT2D eigenvalue weighted by atomic mass is 9.80. The van der Waals surface area contributed by atoms with Crippen LogP contribution in [-0.4, -0.2) is 70.2 Å². The highest BCUT2D eigenvalue weighted by Gasteiger charge is 2.35. The average molecular weight is 737 g/mol. The van der Waals surface area contributed by atoms with E-state index < -0.39 is 23.8 Å². The Morgan fingerprint density at radius 1 is 0.667 bits per heavy atom. The van der Waals surface area contributed by atoms with Crippen LogP contribution < -0.4 is 30.7 Å². The van der Waals surface area contributed by atoms with E-state index in [1.165, 1.54) is 14.2 Å². The molecule has 2 aliphatic carbocycles. The molecule has 2 aromatic carbocycles. The predicted molar refractivity (Wildman–Crippen MR) is 201 cm³/mol. The quantitative estimate of drug-likeness (QED) is 0.0935. The summed E-state index contributed by atoms with van der Waals surface area (Å²) in [7, 11) is 3.05. The molecular weight excluding hydrogens is 692 g/mol. The van der Waals surface area contributed by atoms with Crippen molar-refractivity contribution in [3.05, 3.63) is 94.6 Å². The number of benzene rings is 2. The zero-order chi connectivity index (χ0) is 38.5. The number of carbonyl (C=O) groups is 4. The molecule has 14 nitrogen and oxygen atoms in total. The van der Waals surface area contributed by atoms with Crippen LogP contribution >= 0.6 is 0 Å². The van der Waals surface area contributed by atoms with Gasteiger partial charge >= 0.3 is 11.9 Å². The number of carbonyl (C=O) groups excluding carboxylic acids is 2. The molecule has 0 atom stereocenters. The van der Waals surface area contributed by atoms with E-state index in [0.29, 0.717) is 61.6 Å². The monoisotopic (exact) mass is 736 g/mol. The van der Waals surface area contributed by atoms with Gasteiger partial charge in [-0.1, -0.05) is 24.3 Å². The van der Waals surface area contributed by atoms with Gasteiger partial charge in [0, 0.05) is 72.2 Å². The minimum absolute atomic E-state index is 0.109. The van der Waals surface area contributed by atoms with E-state index in [4.69, 9.17) is 19.7 Å². The topological polar surface area (TPSA) is 201 Å². The molecule has 0 saturated heterocycles. The number of carboxylic acid groups (broad SMARTS) is 2. The zero-order valence-corrected chi connectivity index (χ0v) is 30.6. The first-order chi connectivity index (χ1) is 25.9. The van der Waals surface area contributed by atoms with E-state index >= 15 is 0 Å². The van der Waals surface area contributed by atoms with Crippen molar-refractivity contribution in [1.29, 1.82) is 0 Å². The van der Waals surface area contributed by atoms with Crippen LogP contribution in [0.2, 0.25) is 0 Å². The van der Waals surface area contributed by atoms with Crippen LogP contribution in [0.1, 0.15) is 68.9 Å². The van der Waals surface area contributed by atoms with Gasteiger partial charge in [0.15, 0.2) is 0 Å². The van der Waals surface area contributed by atoms with Crippen LogP contribution in [-0.2, 0) is 22.7 Å². The molecule has 2 aromatic heterocycles. The van der Waals surface area contributed by atoms with Gasteiger partial charge in [0.1, 0.15) is 22.9 Å². The molecule has 4 aromatic rings. The molecule has 282 valence electrons. The highest BCUT2D eigenvalue weighted by atomic mass is 16.5. The van der Waals surface area contributed by atoms with Gasteiger partial charge in [0.25, 0.3) is 11.8 Å². The second-order valence-electron chi connectivity index (χ2n) is 13.8. The molecule has 2 amide bonds. The summed E-state index contributed by atoms with van der Waals surface area (Å²) >= 11 is 0. The van der Waals surface area contributed by atoms with E-state index in [1.807, 2.05) is 50.2 Å². The standard InChI is InChI=1S/C40H44N6O8/c1-21-29(7-5-9-31(21)45-37(47)33-15-35(53-3)25(19-43-33)17-41-27-11-23(12-27)39(49)50)30-8-6-10-32(22(30)2)46-38(48)34-16-36(54-4)26(20-44-34)18-42-28-13-24(14-28)40(51)52/h5-10,15-16,19-20,23-24,27-28,41-42H,11-14,17-18H2,1-4H3,(H,45,47)(H,46,48)(H,49,50)(H,51,52)/t23-,24?,27+,28?. The number of ether oxygens (including phenoxy) is 2. The molecule has 6 N–H and O–H groups in total. The number of amides is 2. The molecule has 0 bridgehead atoms. The number of hydrogen-bond acceptors (Lipinski definition) is 10. The third-order valence-electron chi connectivity index (χ3n) is 10.4. The largest absolute Gasteiger partial charge is 0.496 e. The molecule has 6 rings (SSSR count). The number of methoxy groups -OCH3 is 2. The molecule has 54 heavy (non-hydrogen) atoms. The summed E-state index contributed by atoms with van der Waals surface area (Å²) in [6.45, 7) is 4.69. The Labute approximate surface area is 312 Å². The lowest BCUT2D eigenvalue weighted by Gasteiger charge is -2.33. The van der Waals surface area contributed by atoms with E-state index in [0.717, 1.165) is 33.4 Å². The van der Waals surface area contributed by atoms with Gasteiger partial charge in [-0.05, 0) is 73.9 Å². The molecule has 0 unspecified atom stereocenters. The Hall–Kier alpha value is -5.86. The summed E-state index contributed by atoms with van der Waals surface area (Å²) in [6, 6.07) is 14.6. The van der Waals surface area contributed by atoms with E-state index in [1.54, 1.807) is 24.5 Å². The van der Waals surface area contributed by atoms with E-state index in [-0.39, 0.29) is 35.3 Å². The Morgan fingerprint density at radius 3 is 1.41 bits per heavy atom. The smallest absolute Gasteiger partial charge is 0.306 e. The van der Waals surface area contributed by atoms with Gasteiger partial charge in [-0.15, -0.1) is 0 Å². The SMILES string of the molecule is COc1cc(C(=O)Nc2cccc(-c3cccc(NC(=O)c4cc(OC)c(CN[C@H]5C[C@@H](C(=O)O)C5)cn4)c3C)c2C)ncc1CNC1CC(C(=O)O)C1. The fourth-order valence-corrected chi connectivity index (χ4v) is 6.80. The van der Waals surface area contributed by atoms with Gasteiger partial charge < -0.3 is 41.0 Å². The number of aromatic nitrogens is 2.